The van der Waals surface area contributed by atoms with Gasteiger partial charge in [0.25, 0.3) is 0 Å². The Labute approximate surface area is 489 Å². The average Bonchev–Trinajstić information content (AvgIpc) is 3.45. The molecule has 0 spiro atoms. The fourth-order valence-corrected chi connectivity index (χ4v) is 9.54. The molecule has 0 bridgehead atoms. The van der Waals surface area contributed by atoms with Crippen LogP contribution >= 0.6 is 0 Å². The maximum absolute atomic E-state index is 12.9. The third-order valence-corrected chi connectivity index (χ3v) is 14.6. The number of rotatable bonds is 61. The molecule has 79 heavy (non-hydrogen) atoms. The van der Waals surface area contributed by atoms with Crippen LogP contribution in [0.3, 0.4) is 0 Å². The van der Waals surface area contributed by atoms with E-state index in [4.69, 9.17) is 14.2 Å². The highest BCUT2D eigenvalue weighted by Gasteiger charge is 2.19. The SMILES string of the molecule is CC/C=C\C/C=C\C/C=C\C/C=C\C/C=C\C/C=C\C/C=C\CCCCCCCCCCCCCC(=O)OCC(COC(=O)CCCCCCCCCCCCC)OC(=O)CCCCCCCCC/C=C\CCCCCCCC. The molecular weight excluding hydrogens is 973 g/mol. The molecular formula is C73H126O6. The highest BCUT2D eigenvalue weighted by Crippen LogP contribution is 2.17. The molecule has 0 aromatic heterocycles. The lowest BCUT2D eigenvalue weighted by molar-refractivity contribution is -0.167. The Morgan fingerprint density at radius 2 is 0.494 bits per heavy atom. The second kappa shape index (κ2) is 66.8. The second-order valence-corrected chi connectivity index (χ2v) is 22.4. The van der Waals surface area contributed by atoms with E-state index >= 15 is 0 Å². The molecule has 6 heteroatoms. The number of esters is 3. The summed E-state index contributed by atoms with van der Waals surface area (Å²) >= 11 is 0. The first-order valence-electron chi connectivity index (χ1n) is 33.7. The van der Waals surface area contributed by atoms with E-state index in [1.54, 1.807) is 0 Å². The number of unbranched alkanes of at least 4 members (excludes halogenated alkanes) is 34. The van der Waals surface area contributed by atoms with E-state index < -0.39 is 6.10 Å². The van der Waals surface area contributed by atoms with Gasteiger partial charge in [0.1, 0.15) is 13.2 Å². The first-order chi connectivity index (χ1) is 39.0. The quantitative estimate of drug-likeness (QED) is 0.0261. The van der Waals surface area contributed by atoms with Crippen molar-refractivity contribution < 1.29 is 28.6 Å². The van der Waals surface area contributed by atoms with Gasteiger partial charge in [-0.3, -0.25) is 14.4 Å². The van der Waals surface area contributed by atoms with Gasteiger partial charge < -0.3 is 14.2 Å². The normalized spacial score (nSPS) is 12.7. The number of carbonyl (C=O) groups excluding carboxylic acids is 3. The largest absolute Gasteiger partial charge is 0.462 e. The summed E-state index contributed by atoms with van der Waals surface area (Å²) in [7, 11) is 0. The zero-order valence-corrected chi connectivity index (χ0v) is 52.1. The Morgan fingerprint density at radius 3 is 0.785 bits per heavy atom. The Hall–Kier alpha value is -3.67. The Balaban J connectivity index is 4.19. The molecule has 0 saturated heterocycles. The zero-order valence-electron chi connectivity index (χ0n) is 52.1. The van der Waals surface area contributed by atoms with Crippen molar-refractivity contribution in [3.63, 3.8) is 0 Å². The molecule has 454 valence electrons. The molecule has 0 aromatic carbocycles. The van der Waals surface area contributed by atoms with E-state index in [1.165, 1.54) is 186 Å². The zero-order chi connectivity index (χ0) is 57.1. The molecule has 0 rings (SSSR count). The molecule has 0 N–H and O–H groups in total. The third-order valence-electron chi connectivity index (χ3n) is 14.6. The van der Waals surface area contributed by atoms with E-state index in [9.17, 15) is 14.4 Å². The minimum absolute atomic E-state index is 0.0756. The molecule has 0 amide bonds. The summed E-state index contributed by atoms with van der Waals surface area (Å²) in [6, 6.07) is 0. The van der Waals surface area contributed by atoms with Crippen LogP contribution in [0.4, 0.5) is 0 Å². The smallest absolute Gasteiger partial charge is 0.306 e. The highest BCUT2D eigenvalue weighted by atomic mass is 16.6. The molecule has 0 saturated carbocycles. The van der Waals surface area contributed by atoms with Gasteiger partial charge in [-0.05, 0) is 103 Å². The van der Waals surface area contributed by atoms with Gasteiger partial charge in [0.2, 0.25) is 0 Å². The molecule has 1 atom stereocenters. The molecule has 0 fully saturated rings. The van der Waals surface area contributed by atoms with Crippen LogP contribution in [0.2, 0.25) is 0 Å². The highest BCUT2D eigenvalue weighted by molar-refractivity contribution is 5.71. The Bertz CT molecular complexity index is 1540. The summed E-state index contributed by atoms with van der Waals surface area (Å²) in [6.45, 7) is 6.54. The fraction of sp³-hybridized carbons (Fsp3) is 0.740. The molecule has 1 unspecified atom stereocenters. The van der Waals surface area contributed by atoms with Crippen molar-refractivity contribution >= 4 is 17.9 Å². The monoisotopic (exact) mass is 1100 g/mol. The van der Waals surface area contributed by atoms with Crippen LogP contribution in [-0.4, -0.2) is 37.2 Å². The van der Waals surface area contributed by atoms with Gasteiger partial charge >= 0.3 is 17.9 Å². The van der Waals surface area contributed by atoms with Crippen molar-refractivity contribution in [2.75, 3.05) is 13.2 Å². The molecule has 0 aliphatic rings. The summed E-state index contributed by atoms with van der Waals surface area (Å²) in [6.07, 6.45) is 90.0. The predicted octanol–water partition coefficient (Wildman–Crippen LogP) is 23.2. The lowest BCUT2D eigenvalue weighted by atomic mass is 10.0. The number of ether oxygens (including phenoxy) is 3. The summed E-state index contributed by atoms with van der Waals surface area (Å²) < 4.78 is 16.9. The molecule has 6 nitrogen and oxygen atoms in total. The minimum atomic E-state index is -0.779. The van der Waals surface area contributed by atoms with Gasteiger partial charge in [-0.2, -0.15) is 0 Å². The summed E-state index contributed by atoms with van der Waals surface area (Å²) in [5.41, 5.74) is 0. The van der Waals surface area contributed by atoms with E-state index in [-0.39, 0.29) is 31.1 Å². The maximum Gasteiger partial charge on any atom is 0.306 e. The van der Waals surface area contributed by atoms with Gasteiger partial charge in [-0.15, -0.1) is 0 Å². The van der Waals surface area contributed by atoms with Crippen molar-refractivity contribution in [3.8, 4) is 0 Å². The number of carbonyl (C=O) groups is 3. The molecule has 0 radical (unpaired) electrons. The first kappa shape index (κ1) is 75.3. The first-order valence-corrected chi connectivity index (χ1v) is 33.7. The van der Waals surface area contributed by atoms with Gasteiger partial charge in [0.15, 0.2) is 6.10 Å². The summed E-state index contributed by atoms with van der Waals surface area (Å²) in [4.78, 5) is 38.3. The van der Waals surface area contributed by atoms with Crippen LogP contribution in [0.25, 0.3) is 0 Å². The summed E-state index contributed by atoms with van der Waals surface area (Å²) in [5.74, 6) is -0.871. The van der Waals surface area contributed by atoms with Crippen molar-refractivity contribution in [1.82, 2.24) is 0 Å². The minimum Gasteiger partial charge on any atom is -0.462 e. The van der Waals surface area contributed by atoms with Crippen LogP contribution in [0.1, 0.15) is 329 Å². The lowest BCUT2D eigenvalue weighted by Gasteiger charge is -2.18. The van der Waals surface area contributed by atoms with Crippen molar-refractivity contribution in [2.24, 2.45) is 0 Å². The Morgan fingerprint density at radius 1 is 0.266 bits per heavy atom. The van der Waals surface area contributed by atoms with Crippen LogP contribution in [-0.2, 0) is 28.6 Å². The Kier molecular flexibility index (Phi) is 63.7. The van der Waals surface area contributed by atoms with E-state index in [1.807, 2.05) is 0 Å². The van der Waals surface area contributed by atoms with Gasteiger partial charge in [-0.25, -0.2) is 0 Å². The second-order valence-electron chi connectivity index (χ2n) is 22.4. The maximum atomic E-state index is 12.9. The molecule has 0 aliphatic heterocycles. The van der Waals surface area contributed by atoms with Gasteiger partial charge in [0, 0.05) is 19.3 Å². The van der Waals surface area contributed by atoms with Crippen molar-refractivity contribution in [1.29, 1.82) is 0 Å². The van der Waals surface area contributed by atoms with Crippen LogP contribution in [0, 0.1) is 0 Å². The number of allylic oxidation sites excluding steroid dienone is 16. The molecule has 0 aromatic rings. The van der Waals surface area contributed by atoms with Gasteiger partial charge in [-0.1, -0.05) is 304 Å². The standard InChI is InChI=1S/C73H126O6/c1-4-7-10-13-16-19-22-24-26-28-29-30-31-32-33-34-35-36-37-38-39-40-41-42-43-45-46-48-51-54-57-60-63-66-72(75)78-69-70(68-77-71(74)65-62-59-56-53-50-21-18-15-12-9-6-3)79-73(76)67-64-61-58-55-52-49-47-44-27-25-23-20-17-14-11-8-5-2/h7,10,16,19,24-27,29-30,32-33,35-36,38-39,70H,4-6,8-9,11-15,17-18,20-23,28,31,34,37,40-69H2,1-3H3/b10-7-,19-16-,26-24-,27-25-,30-29-,33-32-,36-35-,39-38-. The molecule has 0 heterocycles. The van der Waals surface area contributed by atoms with Crippen LogP contribution in [0.15, 0.2) is 97.2 Å². The number of hydrogen-bond donors (Lipinski definition) is 0. The average molecular weight is 1100 g/mol. The van der Waals surface area contributed by atoms with E-state index in [0.29, 0.717) is 19.3 Å². The van der Waals surface area contributed by atoms with Gasteiger partial charge in [0.05, 0.1) is 0 Å². The van der Waals surface area contributed by atoms with Crippen LogP contribution < -0.4 is 0 Å². The van der Waals surface area contributed by atoms with E-state index in [2.05, 4.69) is 118 Å². The van der Waals surface area contributed by atoms with Crippen LogP contribution in [0.5, 0.6) is 0 Å². The third kappa shape index (κ3) is 65.0. The lowest BCUT2D eigenvalue weighted by Crippen LogP contribution is -2.30. The van der Waals surface area contributed by atoms with E-state index in [0.717, 1.165) is 103 Å². The fourth-order valence-electron chi connectivity index (χ4n) is 9.54. The number of hydrogen-bond acceptors (Lipinski definition) is 6. The van der Waals surface area contributed by atoms with Crippen molar-refractivity contribution in [3.05, 3.63) is 97.2 Å². The van der Waals surface area contributed by atoms with Crippen molar-refractivity contribution in [2.45, 2.75) is 335 Å². The molecule has 0 aliphatic carbocycles. The predicted molar refractivity (Wildman–Crippen MR) is 344 cm³/mol. The topological polar surface area (TPSA) is 78.9 Å². The summed E-state index contributed by atoms with van der Waals surface area (Å²) in [5, 5.41) is 0.